The first kappa shape index (κ1) is 8.50. The van der Waals surface area contributed by atoms with Gasteiger partial charge in [-0.05, 0) is 6.92 Å². The Kier molecular flexibility index (Phi) is 3.73. The van der Waals surface area contributed by atoms with Crippen LogP contribution in [0.3, 0.4) is 0 Å². The Morgan fingerprint density at radius 1 is 2.00 bits per heavy atom. The summed E-state index contributed by atoms with van der Waals surface area (Å²) >= 11 is 0. The number of nitrogens with one attached hydrogen (secondary N) is 1. The third-order valence-corrected chi connectivity index (χ3v) is 0.736. The summed E-state index contributed by atoms with van der Waals surface area (Å²) in [6.07, 6.45) is 6.43. The Morgan fingerprint density at radius 2 is 2.60 bits per heavy atom. The van der Waals surface area contributed by atoms with Crippen molar-refractivity contribution in [1.29, 1.82) is 0 Å². The van der Waals surface area contributed by atoms with Gasteiger partial charge < -0.3 is 5.73 Å². The van der Waals surface area contributed by atoms with Gasteiger partial charge in [0.15, 0.2) is 0 Å². The highest BCUT2D eigenvalue weighted by Gasteiger charge is 1.88. The maximum atomic E-state index is 10.0. The van der Waals surface area contributed by atoms with Gasteiger partial charge >= 0.3 is 6.03 Å². The molecule has 0 rings (SSSR count). The summed E-state index contributed by atoms with van der Waals surface area (Å²) in [6.45, 7) is 1.77. The normalized spacial score (nSPS) is 12.4. The third kappa shape index (κ3) is 4.65. The minimum absolute atomic E-state index is 0.0909. The summed E-state index contributed by atoms with van der Waals surface area (Å²) in [5.74, 6) is 2.31. The predicted molar refractivity (Wildman–Crippen MR) is 39.2 cm³/mol. The lowest BCUT2D eigenvalue weighted by Gasteiger charge is -1.92. The zero-order valence-corrected chi connectivity index (χ0v) is 5.66. The molecule has 2 amide bonds. The molecular weight excluding hydrogens is 130 g/mol. The van der Waals surface area contributed by atoms with Crippen LogP contribution < -0.4 is 11.2 Å². The molecule has 0 aromatic carbocycles. The van der Waals surface area contributed by atoms with E-state index < -0.39 is 6.03 Å². The smallest absolute Gasteiger partial charge is 0.332 e. The van der Waals surface area contributed by atoms with Crippen LogP contribution in [0.5, 0.6) is 0 Å². The van der Waals surface area contributed by atoms with Gasteiger partial charge in [-0.2, -0.15) is 5.10 Å². The Morgan fingerprint density at radius 3 is 3.00 bits per heavy atom. The quantitative estimate of drug-likeness (QED) is 0.313. The molecule has 10 heavy (non-hydrogen) atoms. The average Bonchev–Trinajstić information content (AvgIpc) is 1.87. The number of amides is 2. The van der Waals surface area contributed by atoms with Crippen LogP contribution in [-0.2, 0) is 0 Å². The van der Waals surface area contributed by atoms with Crippen LogP contribution in [0, 0.1) is 18.3 Å². The molecule has 1 atom stereocenters. The molecule has 3 N–H and O–H groups in total. The molecule has 0 heterocycles. The molecule has 0 aliphatic carbocycles. The molecule has 0 aliphatic heterocycles. The van der Waals surface area contributed by atoms with Crippen LogP contribution in [0.25, 0.3) is 0 Å². The van der Waals surface area contributed by atoms with Crippen molar-refractivity contribution >= 4 is 12.2 Å². The van der Waals surface area contributed by atoms with Gasteiger partial charge in [0.05, 0.1) is 5.92 Å². The summed E-state index contributed by atoms with van der Waals surface area (Å²) in [7, 11) is 0. The molecule has 1 unspecified atom stereocenters. The number of hydrogen-bond acceptors (Lipinski definition) is 2. The number of carbonyl (C=O) groups is 1. The topological polar surface area (TPSA) is 67.5 Å². The molecule has 4 nitrogen and oxygen atoms in total. The second-order valence-corrected chi connectivity index (χ2v) is 1.71. The Labute approximate surface area is 59.5 Å². The predicted octanol–water partition coefficient (Wildman–Crippen LogP) is -0.0902. The van der Waals surface area contributed by atoms with Crippen molar-refractivity contribution in [2.75, 3.05) is 0 Å². The Hall–Kier alpha value is -1.50. The van der Waals surface area contributed by atoms with Gasteiger partial charge in [0.2, 0.25) is 0 Å². The van der Waals surface area contributed by atoms with Gasteiger partial charge in [0.25, 0.3) is 0 Å². The zero-order valence-electron chi connectivity index (χ0n) is 5.66. The largest absolute Gasteiger partial charge is 0.350 e. The first-order chi connectivity index (χ1) is 4.66. The summed E-state index contributed by atoms with van der Waals surface area (Å²) in [6, 6.07) is -0.694. The van der Waals surface area contributed by atoms with E-state index >= 15 is 0 Å². The molecule has 0 radical (unpaired) electrons. The number of terminal acetylenes is 1. The molecule has 0 saturated heterocycles. The maximum Gasteiger partial charge on any atom is 0.332 e. The van der Waals surface area contributed by atoms with Crippen LogP contribution in [0.4, 0.5) is 4.79 Å². The van der Waals surface area contributed by atoms with E-state index in [1.54, 1.807) is 6.92 Å². The number of hydrogen-bond donors (Lipinski definition) is 2. The number of carbonyl (C=O) groups excluding carboxylic acids is 1. The summed E-state index contributed by atoms with van der Waals surface area (Å²) in [5, 5.41) is 3.45. The lowest BCUT2D eigenvalue weighted by molar-refractivity contribution is 0.249. The molecule has 54 valence electrons. The van der Waals surface area contributed by atoms with Crippen LogP contribution in [0.1, 0.15) is 6.92 Å². The van der Waals surface area contributed by atoms with Crippen molar-refractivity contribution < 1.29 is 4.79 Å². The molecule has 0 saturated carbocycles. The number of rotatable bonds is 2. The SMILES string of the molecule is C#CC(C)/C=N/NC(N)=O. The summed E-state index contributed by atoms with van der Waals surface area (Å²) in [5.41, 5.74) is 6.73. The third-order valence-electron chi connectivity index (χ3n) is 0.736. The fourth-order valence-electron chi connectivity index (χ4n) is 0.256. The van der Waals surface area contributed by atoms with E-state index in [-0.39, 0.29) is 5.92 Å². The highest BCUT2D eigenvalue weighted by Crippen LogP contribution is 1.82. The van der Waals surface area contributed by atoms with Crippen LogP contribution in [0.2, 0.25) is 0 Å². The standard InChI is InChI=1S/C6H9N3O/c1-3-5(2)4-8-9-6(7)10/h1,4-5H,2H3,(H3,7,9,10)/b8-4+. The molecule has 0 spiro atoms. The van der Waals surface area contributed by atoms with Crippen molar-refractivity contribution in [1.82, 2.24) is 5.43 Å². The van der Waals surface area contributed by atoms with Gasteiger partial charge in [-0.3, -0.25) is 0 Å². The summed E-state index contributed by atoms with van der Waals surface area (Å²) < 4.78 is 0. The minimum Gasteiger partial charge on any atom is -0.350 e. The Bertz CT molecular complexity index is 180. The van der Waals surface area contributed by atoms with E-state index in [0.717, 1.165) is 0 Å². The maximum absolute atomic E-state index is 10.0. The molecule has 4 heteroatoms. The van der Waals surface area contributed by atoms with E-state index in [4.69, 9.17) is 12.2 Å². The second kappa shape index (κ2) is 4.39. The number of hydrazone groups is 1. The van der Waals surface area contributed by atoms with Crippen molar-refractivity contribution in [2.45, 2.75) is 6.92 Å². The minimum atomic E-state index is -0.694. The number of nitrogens with zero attached hydrogens (tertiary/aromatic N) is 1. The highest BCUT2D eigenvalue weighted by atomic mass is 16.2. The monoisotopic (exact) mass is 139 g/mol. The van der Waals surface area contributed by atoms with Gasteiger partial charge in [-0.15, -0.1) is 6.42 Å². The lowest BCUT2D eigenvalue weighted by atomic mass is 10.2. The van der Waals surface area contributed by atoms with Gasteiger partial charge in [0, 0.05) is 6.21 Å². The Balaban J connectivity index is 3.58. The van der Waals surface area contributed by atoms with Crippen molar-refractivity contribution in [2.24, 2.45) is 16.8 Å². The van der Waals surface area contributed by atoms with E-state index in [0.29, 0.717) is 0 Å². The number of urea groups is 1. The van der Waals surface area contributed by atoms with Gasteiger partial charge in [0.1, 0.15) is 0 Å². The molecule has 0 bridgehead atoms. The highest BCUT2D eigenvalue weighted by molar-refractivity contribution is 5.73. The van der Waals surface area contributed by atoms with Crippen molar-refractivity contribution in [3.05, 3.63) is 0 Å². The van der Waals surface area contributed by atoms with E-state index in [1.165, 1.54) is 6.21 Å². The molecular formula is C6H9N3O. The first-order valence-electron chi connectivity index (χ1n) is 2.71. The van der Waals surface area contributed by atoms with E-state index in [1.807, 2.05) is 5.43 Å². The van der Waals surface area contributed by atoms with Crippen LogP contribution in [0.15, 0.2) is 5.10 Å². The van der Waals surface area contributed by atoms with Crippen LogP contribution >= 0.6 is 0 Å². The van der Waals surface area contributed by atoms with Crippen LogP contribution in [-0.4, -0.2) is 12.2 Å². The molecule has 0 aliphatic rings. The molecule has 0 fully saturated rings. The van der Waals surface area contributed by atoms with Gasteiger partial charge in [-0.25, -0.2) is 10.2 Å². The number of nitrogens with two attached hydrogens (primary N) is 1. The number of primary amides is 1. The fourth-order valence-corrected chi connectivity index (χ4v) is 0.256. The molecule has 0 aromatic rings. The van der Waals surface area contributed by atoms with E-state index in [9.17, 15) is 4.79 Å². The first-order valence-corrected chi connectivity index (χ1v) is 2.71. The van der Waals surface area contributed by atoms with Gasteiger partial charge in [-0.1, -0.05) is 5.92 Å². The summed E-state index contributed by atoms with van der Waals surface area (Å²) in [4.78, 5) is 10.0. The average molecular weight is 139 g/mol. The lowest BCUT2D eigenvalue weighted by Crippen LogP contribution is -2.24. The fraction of sp³-hybridized carbons (Fsp3) is 0.333. The van der Waals surface area contributed by atoms with Crippen molar-refractivity contribution in [3.63, 3.8) is 0 Å². The van der Waals surface area contributed by atoms with Crippen molar-refractivity contribution in [3.8, 4) is 12.3 Å². The second-order valence-electron chi connectivity index (χ2n) is 1.71. The molecule has 0 aromatic heterocycles. The zero-order chi connectivity index (χ0) is 7.98. The van der Waals surface area contributed by atoms with E-state index in [2.05, 4.69) is 11.0 Å².